The van der Waals surface area contributed by atoms with E-state index in [9.17, 15) is 0 Å². The van der Waals surface area contributed by atoms with Gasteiger partial charge in [-0.2, -0.15) is 0 Å². The van der Waals surface area contributed by atoms with E-state index in [1.165, 1.54) is 30.2 Å². The van der Waals surface area contributed by atoms with Gasteiger partial charge in [0.1, 0.15) is 0 Å². The van der Waals surface area contributed by atoms with Gasteiger partial charge in [-0.05, 0) is 39.3 Å². The highest BCUT2D eigenvalue weighted by Crippen LogP contribution is 2.24. The molecule has 0 radical (unpaired) electrons. The number of thiazole rings is 1. The van der Waals surface area contributed by atoms with Crippen molar-refractivity contribution in [3.63, 3.8) is 0 Å². The molecule has 1 unspecified atom stereocenters. The summed E-state index contributed by atoms with van der Waals surface area (Å²) in [5, 5.41) is 3.46. The molecule has 2 rings (SSSR count). The van der Waals surface area contributed by atoms with Crippen molar-refractivity contribution < 1.29 is 0 Å². The van der Waals surface area contributed by atoms with Gasteiger partial charge in [-0.15, -0.1) is 11.3 Å². The average molecular weight is 253 g/mol. The van der Waals surface area contributed by atoms with Gasteiger partial charge < -0.3 is 10.6 Å². The molecule has 0 aromatic carbocycles. The quantitative estimate of drug-likeness (QED) is 0.871. The summed E-state index contributed by atoms with van der Waals surface area (Å²) in [6.45, 7) is 7.76. The van der Waals surface area contributed by atoms with Gasteiger partial charge in [0, 0.05) is 30.8 Å². The maximum atomic E-state index is 5.54. The van der Waals surface area contributed by atoms with E-state index in [0.29, 0.717) is 12.6 Å². The Hall–Kier alpha value is -0.450. The summed E-state index contributed by atoms with van der Waals surface area (Å²) in [7, 11) is 0. The molecule has 1 aliphatic heterocycles. The third kappa shape index (κ3) is 3.50. The van der Waals surface area contributed by atoms with Crippen molar-refractivity contribution in [2.75, 3.05) is 19.6 Å². The molecule has 1 aliphatic rings. The molecule has 0 saturated carbocycles. The standard InChI is InChI=1S/C13H23N3S/c1-10(2)16-6-4-11(8-16)7-13-15-12(3-5-14)9-17-13/h9-11H,3-8,14H2,1-2H3. The molecular weight excluding hydrogens is 230 g/mol. The van der Waals surface area contributed by atoms with Crippen molar-refractivity contribution in [2.24, 2.45) is 11.7 Å². The van der Waals surface area contributed by atoms with Crippen LogP contribution < -0.4 is 5.73 Å². The molecule has 1 aromatic rings. The molecule has 1 fully saturated rings. The van der Waals surface area contributed by atoms with Crippen molar-refractivity contribution in [1.82, 2.24) is 9.88 Å². The van der Waals surface area contributed by atoms with Gasteiger partial charge in [-0.1, -0.05) is 0 Å². The minimum atomic E-state index is 0.684. The Bertz CT molecular complexity index is 348. The maximum absolute atomic E-state index is 5.54. The lowest BCUT2D eigenvalue weighted by atomic mass is 10.1. The first-order valence-electron chi connectivity index (χ1n) is 6.56. The van der Waals surface area contributed by atoms with Crippen LogP contribution in [0.4, 0.5) is 0 Å². The molecule has 3 nitrogen and oxygen atoms in total. The highest BCUT2D eigenvalue weighted by Gasteiger charge is 2.24. The minimum absolute atomic E-state index is 0.684. The van der Waals surface area contributed by atoms with Gasteiger partial charge in [0.05, 0.1) is 10.7 Å². The molecule has 1 atom stereocenters. The average Bonchev–Trinajstić information content (AvgIpc) is 2.89. The summed E-state index contributed by atoms with van der Waals surface area (Å²) in [5.74, 6) is 0.800. The molecule has 1 saturated heterocycles. The zero-order valence-electron chi connectivity index (χ0n) is 10.9. The van der Waals surface area contributed by atoms with Gasteiger partial charge in [0.2, 0.25) is 0 Å². The number of nitrogens with zero attached hydrogens (tertiary/aromatic N) is 2. The number of nitrogens with two attached hydrogens (primary N) is 1. The molecule has 4 heteroatoms. The number of hydrogen-bond acceptors (Lipinski definition) is 4. The number of hydrogen-bond donors (Lipinski definition) is 1. The molecule has 0 spiro atoms. The smallest absolute Gasteiger partial charge is 0.0931 e. The summed E-state index contributed by atoms with van der Waals surface area (Å²) in [4.78, 5) is 7.22. The topological polar surface area (TPSA) is 42.2 Å². The van der Waals surface area contributed by atoms with E-state index in [-0.39, 0.29) is 0 Å². The highest BCUT2D eigenvalue weighted by atomic mass is 32.1. The van der Waals surface area contributed by atoms with Crippen LogP contribution in [-0.4, -0.2) is 35.6 Å². The normalized spacial score (nSPS) is 21.5. The van der Waals surface area contributed by atoms with E-state index in [4.69, 9.17) is 5.73 Å². The number of rotatable bonds is 5. The van der Waals surface area contributed by atoms with Crippen LogP contribution in [0.2, 0.25) is 0 Å². The number of likely N-dealkylation sites (tertiary alicyclic amines) is 1. The Morgan fingerprint density at radius 3 is 3.06 bits per heavy atom. The van der Waals surface area contributed by atoms with E-state index in [0.717, 1.165) is 18.8 Å². The Labute approximate surface area is 108 Å². The first-order valence-corrected chi connectivity index (χ1v) is 7.44. The first-order chi connectivity index (χ1) is 8.19. The predicted molar refractivity (Wildman–Crippen MR) is 73.4 cm³/mol. The predicted octanol–water partition coefficient (Wildman–Crippen LogP) is 1.92. The second-order valence-electron chi connectivity index (χ2n) is 5.22. The lowest BCUT2D eigenvalue weighted by Gasteiger charge is -2.19. The van der Waals surface area contributed by atoms with Crippen molar-refractivity contribution in [2.45, 2.75) is 39.2 Å². The fourth-order valence-electron chi connectivity index (χ4n) is 2.45. The first kappa shape index (κ1) is 13.0. The van der Waals surface area contributed by atoms with Crippen LogP contribution >= 0.6 is 11.3 Å². The third-order valence-electron chi connectivity index (χ3n) is 3.51. The van der Waals surface area contributed by atoms with E-state index in [1.54, 1.807) is 11.3 Å². The Kier molecular flexibility index (Phi) is 4.54. The molecule has 0 bridgehead atoms. The number of aromatic nitrogens is 1. The van der Waals surface area contributed by atoms with Crippen molar-refractivity contribution in [3.05, 3.63) is 16.1 Å². The molecule has 2 N–H and O–H groups in total. The van der Waals surface area contributed by atoms with Crippen molar-refractivity contribution >= 4 is 11.3 Å². The summed E-state index contributed by atoms with van der Waals surface area (Å²) < 4.78 is 0. The highest BCUT2D eigenvalue weighted by molar-refractivity contribution is 7.09. The molecule has 0 aliphatic carbocycles. The lowest BCUT2D eigenvalue weighted by molar-refractivity contribution is 0.265. The Morgan fingerprint density at radius 1 is 1.59 bits per heavy atom. The molecule has 1 aromatic heterocycles. The molecule has 0 amide bonds. The van der Waals surface area contributed by atoms with Crippen molar-refractivity contribution in [1.29, 1.82) is 0 Å². The molecule has 17 heavy (non-hydrogen) atoms. The fraction of sp³-hybridized carbons (Fsp3) is 0.769. The largest absolute Gasteiger partial charge is 0.330 e. The van der Waals surface area contributed by atoms with Crippen LogP contribution in [-0.2, 0) is 12.8 Å². The van der Waals surface area contributed by atoms with Crippen molar-refractivity contribution in [3.8, 4) is 0 Å². The SMILES string of the molecule is CC(C)N1CCC(Cc2nc(CCN)cs2)C1. The van der Waals surface area contributed by atoms with Gasteiger partial charge in [0.25, 0.3) is 0 Å². The van der Waals surface area contributed by atoms with Crippen LogP contribution in [0, 0.1) is 5.92 Å². The summed E-state index contributed by atoms with van der Waals surface area (Å²) in [6.07, 6.45) is 3.39. The van der Waals surface area contributed by atoms with Gasteiger partial charge in [0.15, 0.2) is 0 Å². The summed E-state index contributed by atoms with van der Waals surface area (Å²) in [5.41, 5.74) is 6.72. The Balaban J connectivity index is 1.84. The van der Waals surface area contributed by atoms with Gasteiger partial charge in [-0.3, -0.25) is 0 Å². The summed E-state index contributed by atoms with van der Waals surface area (Å²) >= 11 is 1.80. The molecule has 2 heterocycles. The van der Waals surface area contributed by atoms with E-state index in [1.807, 2.05) is 0 Å². The third-order valence-corrected chi connectivity index (χ3v) is 4.43. The monoisotopic (exact) mass is 253 g/mol. The van der Waals surface area contributed by atoms with E-state index < -0.39 is 0 Å². The van der Waals surface area contributed by atoms with Crippen LogP contribution in [0.1, 0.15) is 31.0 Å². The zero-order chi connectivity index (χ0) is 12.3. The minimum Gasteiger partial charge on any atom is -0.330 e. The fourth-order valence-corrected chi connectivity index (χ4v) is 3.40. The van der Waals surface area contributed by atoms with E-state index >= 15 is 0 Å². The molecule has 96 valence electrons. The lowest BCUT2D eigenvalue weighted by Crippen LogP contribution is -2.28. The maximum Gasteiger partial charge on any atom is 0.0931 e. The second kappa shape index (κ2) is 5.94. The van der Waals surface area contributed by atoms with E-state index in [2.05, 4.69) is 29.1 Å². The van der Waals surface area contributed by atoms with Crippen LogP contribution in [0.3, 0.4) is 0 Å². The van der Waals surface area contributed by atoms with Crippen LogP contribution in [0.25, 0.3) is 0 Å². The van der Waals surface area contributed by atoms with Gasteiger partial charge >= 0.3 is 0 Å². The van der Waals surface area contributed by atoms with Crippen LogP contribution in [0.15, 0.2) is 5.38 Å². The zero-order valence-corrected chi connectivity index (χ0v) is 11.7. The van der Waals surface area contributed by atoms with Crippen LogP contribution in [0.5, 0.6) is 0 Å². The Morgan fingerprint density at radius 2 is 2.41 bits per heavy atom. The summed E-state index contributed by atoms with van der Waals surface area (Å²) in [6, 6.07) is 0.684. The second-order valence-corrected chi connectivity index (χ2v) is 6.16. The molecular formula is C13H23N3S. The van der Waals surface area contributed by atoms with Gasteiger partial charge in [-0.25, -0.2) is 4.98 Å².